The molecule has 1 aliphatic carbocycles. The van der Waals surface area contributed by atoms with Crippen LogP contribution in [-0.2, 0) is 5.54 Å². The second kappa shape index (κ2) is 3.13. The van der Waals surface area contributed by atoms with Gasteiger partial charge in [0.1, 0.15) is 11.5 Å². The van der Waals surface area contributed by atoms with Gasteiger partial charge in [-0.05, 0) is 26.7 Å². The number of rotatable bonds is 1. The van der Waals surface area contributed by atoms with Crippen LogP contribution in [0.15, 0.2) is 12.2 Å². The van der Waals surface area contributed by atoms with E-state index in [-0.39, 0.29) is 5.54 Å². The maximum absolute atomic E-state index is 6.23. The summed E-state index contributed by atoms with van der Waals surface area (Å²) in [6.45, 7) is 3.77. The van der Waals surface area contributed by atoms with Gasteiger partial charge in [-0.2, -0.15) is 0 Å². The molecule has 0 aromatic carbocycles. The third-order valence-electron chi connectivity index (χ3n) is 2.57. The van der Waals surface area contributed by atoms with Crippen molar-refractivity contribution in [2.45, 2.75) is 32.2 Å². The second-order valence-electron chi connectivity index (χ2n) is 3.83. The highest BCUT2D eigenvalue weighted by Gasteiger charge is 2.32. The van der Waals surface area contributed by atoms with Crippen molar-refractivity contribution in [3.63, 3.8) is 0 Å². The Morgan fingerprint density at radius 2 is 1.86 bits per heavy atom. The van der Waals surface area contributed by atoms with E-state index in [1.54, 1.807) is 0 Å². The van der Waals surface area contributed by atoms with E-state index in [4.69, 9.17) is 5.73 Å². The zero-order valence-electron chi connectivity index (χ0n) is 8.49. The summed E-state index contributed by atoms with van der Waals surface area (Å²) in [7, 11) is 0. The normalized spacial score (nSPS) is 18.8. The summed E-state index contributed by atoms with van der Waals surface area (Å²) in [5, 5.41) is 8.11. The number of hydrogen-bond acceptors (Lipinski definition) is 4. The minimum absolute atomic E-state index is 0.377. The van der Waals surface area contributed by atoms with Gasteiger partial charge in [-0.3, -0.25) is 0 Å². The molecule has 0 saturated heterocycles. The van der Waals surface area contributed by atoms with E-state index in [1.165, 1.54) is 0 Å². The summed E-state index contributed by atoms with van der Waals surface area (Å²) >= 11 is 0. The lowest BCUT2D eigenvalue weighted by Gasteiger charge is -2.23. The zero-order chi connectivity index (χ0) is 10.2. The van der Waals surface area contributed by atoms with Gasteiger partial charge < -0.3 is 5.73 Å². The average molecular weight is 190 g/mol. The standard InChI is InChI=1S/C10H14N4/c1-7-9(14-13-8(2)12-7)10(11)5-3-4-6-10/h3-4H,5-6,11H2,1-2H3. The molecule has 0 atom stereocenters. The molecule has 0 bridgehead atoms. The van der Waals surface area contributed by atoms with Gasteiger partial charge in [-0.25, -0.2) is 4.98 Å². The van der Waals surface area contributed by atoms with Crippen molar-refractivity contribution in [2.24, 2.45) is 5.73 Å². The highest BCUT2D eigenvalue weighted by molar-refractivity contribution is 5.24. The van der Waals surface area contributed by atoms with E-state index in [9.17, 15) is 0 Å². The van der Waals surface area contributed by atoms with Crippen molar-refractivity contribution < 1.29 is 0 Å². The summed E-state index contributed by atoms with van der Waals surface area (Å²) in [5.74, 6) is 0.695. The molecule has 2 N–H and O–H groups in total. The number of nitrogens with two attached hydrogens (primary N) is 1. The minimum Gasteiger partial charge on any atom is -0.319 e. The van der Waals surface area contributed by atoms with Crippen LogP contribution in [0.3, 0.4) is 0 Å². The molecule has 4 nitrogen and oxygen atoms in total. The Bertz CT molecular complexity index is 376. The van der Waals surface area contributed by atoms with Crippen LogP contribution in [0.4, 0.5) is 0 Å². The maximum Gasteiger partial charge on any atom is 0.148 e. The quantitative estimate of drug-likeness (QED) is 0.671. The molecule has 0 radical (unpaired) electrons. The average Bonchev–Trinajstić information content (AvgIpc) is 2.52. The number of hydrogen-bond donors (Lipinski definition) is 1. The first-order valence-electron chi connectivity index (χ1n) is 4.74. The molecule has 1 aliphatic rings. The molecule has 4 heteroatoms. The second-order valence-corrected chi connectivity index (χ2v) is 3.83. The van der Waals surface area contributed by atoms with Crippen LogP contribution in [0.1, 0.15) is 30.1 Å². The molecule has 0 aliphatic heterocycles. The van der Waals surface area contributed by atoms with Crippen molar-refractivity contribution >= 4 is 0 Å². The zero-order valence-corrected chi connectivity index (χ0v) is 8.49. The molecule has 0 saturated carbocycles. The molecule has 1 aromatic rings. The predicted octanol–water partition coefficient (Wildman–Crippen LogP) is 0.992. The SMILES string of the molecule is Cc1nnc(C2(N)CC=CC2)c(C)n1. The fourth-order valence-corrected chi connectivity index (χ4v) is 1.84. The van der Waals surface area contributed by atoms with E-state index in [0.717, 1.165) is 24.2 Å². The fourth-order valence-electron chi connectivity index (χ4n) is 1.84. The van der Waals surface area contributed by atoms with Gasteiger partial charge in [-0.1, -0.05) is 12.2 Å². The molecule has 0 unspecified atom stereocenters. The Hall–Kier alpha value is -1.29. The first-order chi connectivity index (χ1) is 6.62. The topological polar surface area (TPSA) is 64.7 Å². The number of aromatic nitrogens is 3. The number of aryl methyl sites for hydroxylation is 2. The Morgan fingerprint density at radius 3 is 2.43 bits per heavy atom. The van der Waals surface area contributed by atoms with Gasteiger partial charge in [-0.15, -0.1) is 10.2 Å². The highest BCUT2D eigenvalue weighted by Crippen LogP contribution is 2.31. The first kappa shape index (κ1) is 9.27. The molecule has 1 heterocycles. The Kier molecular flexibility index (Phi) is 2.07. The van der Waals surface area contributed by atoms with Crippen LogP contribution in [0, 0.1) is 13.8 Å². The lowest BCUT2D eigenvalue weighted by atomic mass is 9.92. The molecule has 74 valence electrons. The summed E-state index contributed by atoms with van der Waals surface area (Å²) in [6.07, 6.45) is 5.82. The van der Waals surface area contributed by atoms with Gasteiger partial charge in [0.05, 0.1) is 11.2 Å². The Balaban J connectivity index is 2.41. The van der Waals surface area contributed by atoms with Crippen molar-refractivity contribution in [1.29, 1.82) is 0 Å². The van der Waals surface area contributed by atoms with E-state index in [0.29, 0.717) is 5.82 Å². The molecular formula is C10H14N4. The van der Waals surface area contributed by atoms with E-state index in [1.807, 2.05) is 13.8 Å². The summed E-state index contributed by atoms with van der Waals surface area (Å²) < 4.78 is 0. The van der Waals surface area contributed by atoms with Crippen LogP contribution in [-0.4, -0.2) is 15.2 Å². The smallest absolute Gasteiger partial charge is 0.148 e. The van der Waals surface area contributed by atoms with Crippen molar-refractivity contribution in [2.75, 3.05) is 0 Å². The van der Waals surface area contributed by atoms with Crippen LogP contribution < -0.4 is 5.73 Å². The van der Waals surface area contributed by atoms with Crippen molar-refractivity contribution in [3.8, 4) is 0 Å². The predicted molar refractivity (Wildman–Crippen MR) is 53.5 cm³/mol. The number of nitrogens with zero attached hydrogens (tertiary/aromatic N) is 3. The van der Waals surface area contributed by atoms with Crippen LogP contribution in [0.25, 0.3) is 0 Å². The Morgan fingerprint density at radius 1 is 1.21 bits per heavy atom. The molecule has 0 amide bonds. The van der Waals surface area contributed by atoms with E-state index in [2.05, 4.69) is 27.3 Å². The highest BCUT2D eigenvalue weighted by atomic mass is 15.2. The Labute approximate surface area is 83.3 Å². The minimum atomic E-state index is -0.377. The molecule has 0 fully saturated rings. The summed E-state index contributed by atoms with van der Waals surface area (Å²) in [5.41, 5.74) is 7.57. The largest absolute Gasteiger partial charge is 0.319 e. The van der Waals surface area contributed by atoms with Gasteiger partial charge >= 0.3 is 0 Å². The molecule has 0 spiro atoms. The van der Waals surface area contributed by atoms with Gasteiger partial charge in [0.25, 0.3) is 0 Å². The van der Waals surface area contributed by atoms with Crippen molar-refractivity contribution in [3.05, 3.63) is 29.4 Å². The fraction of sp³-hybridized carbons (Fsp3) is 0.500. The summed E-state index contributed by atoms with van der Waals surface area (Å²) in [4.78, 5) is 4.28. The van der Waals surface area contributed by atoms with Crippen LogP contribution >= 0.6 is 0 Å². The molecule has 1 aromatic heterocycles. The van der Waals surface area contributed by atoms with E-state index >= 15 is 0 Å². The third-order valence-corrected chi connectivity index (χ3v) is 2.57. The van der Waals surface area contributed by atoms with Gasteiger partial charge in [0.2, 0.25) is 0 Å². The van der Waals surface area contributed by atoms with Gasteiger partial charge in [0.15, 0.2) is 0 Å². The van der Waals surface area contributed by atoms with Crippen LogP contribution in [0.5, 0.6) is 0 Å². The lowest BCUT2D eigenvalue weighted by Crippen LogP contribution is -2.36. The third kappa shape index (κ3) is 1.42. The first-order valence-corrected chi connectivity index (χ1v) is 4.74. The van der Waals surface area contributed by atoms with Crippen molar-refractivity contribution in [1.82, 2.24) is 15.2 Å². The monoisotopic (exact) mass is 190 g/mol. The maximum atomic E-state index is 6.23. The lowest BCUT2D eigenvalue weighted by molar-refractivity contribution is 0.450. The summed E-state index contributed by atoms with van der Waals surface area (Å²) in [6, 6.07) is 0. The van der Waals surface area contributed by atoms with Crippen LogP contribution in [0.2, 0.25) is 0 Å². The molecule has 14 heavy (non-hydrogen) atoms. The van der Waals surface area contributed by atoms with E-state index < -0.39 is 0 Å². The molecular weight excluding hydrogens is 176 g/mol. The molecule has 2 rings (SSSR count). The van der Waals surface area contributed by atoms with Gasteiger partial charge in [0, 0.05) is 0 Å².